The summed E-state index contributed by atoms with van der Waals surface area (Å²) < 4.78 is 0. The zero-order valence-electron chi connectivity index (χ0n) is 8.51. The number of aryl methyl sites for hydroxylation is 1. The summed E-state index contributed by atoms with van der Waals surface area (Å²) in [7, 11) is 0. The number of nitrogens with two attached hydrogens (primary N) is 1. The van der Waals surface area contributed by atoms with Crippen LogP contribution in [0, 0.1) is 6.92 Å². The number of rotatable bonds is 2. The summed E-state index contributed by atoms with van der Waals surface area (Å²) in [5, 5.41) is 3.34. The molecule has 2 heterocycles. The van der Waals surface area contributed by atoms with E-state index in [1.54, 1.807) is 0 Å². The third-order valence-corrected chi connectivity index (χ3v) is 2.51. The van der Waals surface area contributed by atoms with E-state index in [9.17, 15) is 0 Å². The topological polar surface area (TPSA) is 63.8 Å². The summed E-state index contributed by atoms with van der Waals surface area (Å²) >= 11 is 0. The van der Waals surface area contributed by atoms with Crippen LogP contribution in [0.5, 0.6) is 0 Å². The Balaban J connectivity index is 2.41. The third kappa shape index (κ3) is 1.76. The molecule has 14 heavy (non-hydrogen) atoms. The fraction of sp³-hybridized carbons (Fsp3) is 0.600. The number of aromatic nitrogens is 2. The molecule has 1 aliphatic rings. The van der Waals surface area contributed by atoms with Crippen LogP contribution in [0.1, 0.15) is 22.8 Å². The van der Waals surface area contributed by atoms with Crippen molar-refractivity contribution in [2.75, 3.05) is 13.1 Å². The van der Waals surface area contributed by atoms with Crippen LogP contribution in [0.15, 0.2) is 0 Å². The molecule has 0 bridgehead atoms. The van der Waals surface area contributed by atoms with Gasteiger partial charge in [0.2, 0.25) is 0 Å². The van der Waals surface area contributed by atoms with E-state index in [4.69, 9.17) is 5.73 Å². The maximum absolute atomic E-state index is 5.56. The first-order valence-electron chi connectivity index (χ1n) is 5.07. The molecular formula is C10H16N4. The molecule has 2 rings (SSSR count). The molecule has 76 valence electrons. The van der Waals surface area contributed by atoms with Crippen molar-refractivity contribution in [2.24, 2.45) is 5.73 Å². The quantitative estimate of drug-likeness (QED) is 0.688. The first kappa shape index (κ1) is 9.55. The number of nitrogens with one attached hydrogen (secondary N) is 1. The number of nitrogens with zero attached hydrogens (tertiary/aromatic N) is 2. The van der Waals surface area contributed by atoms with Crippen molar-refractivity contribution in [2.45, 2.75) is 26.3 Å². The van der Waals surface area contributed by atoms with Crippen LogP contribution in [-0.2, 0) is 19.4 Å². The van der Waals surface area contributed by atoms with E-state index in [2.05, 4.69) is 15.3 Å². The minimum atomic E-state index is 0.656. The van der Waals surface area contributed by atoms with Gasteiger partial charge in [-0.3, -0.25) is 0 Å². The highest BCUT2D eigenvalue weighted by Gasteiger charge is 2.15. The molecule has 4 nitrogen and oxygen atoms in total. The minimum absolute atomic E-state index is 0.656. The van der Waals surface area contributed by atoms with Gasteiger partial charge in [0.25, 0.3) is 0 Å². The van der Waals surface area contributed by atoms with Crippen LogP contribution < -0.4 is 11.1 Å². The van der Waals surface area contributed by atoms with E-state index < -0.39 is 0 Å². The van der Waals surface area contributed by atoms with Crippen molar-refractivity contribution in [3.8, 4) is 0 Å². The van der Waals surface area contributed by atoms with Crippen molar-refractivity contribution in [1.82, 2.24) is 15.3 Å². The molecule has 0 radical (unpaired) electrons. The summed E-state index contributed by atoms with van der Waals surface area (Å²) in [5.41, 5.74) is 9.17. The molecular weight excluding hydrogens is 176 g/mol. The molecule has 0 unspecified atom stereocenters. The summed E-state index contributed by atoms with van der Waals surface area (Å²) in [4.78, 5) is 8.91. The van der Waals surface area contributed by atoms with Gasteiger partial charge in [-0.05, 0) is 13.5 Å². The van der Waals surface area contributed by atoms with Crippen LogP contribution in [0.3, 0.4) is 0 Å². The van der Waals surface area contributed by atoms with Gasteiger partial charge in [-0.15, -0.1) is 0 Å². The second-order valence-electron chi connectivity index (χ2n) is 3.61. The van der Waals surface area contributed by atoms with Crippen LogP contribution in [0.4, 0.5) is 0 Å². The predicted octanol–water partition coefficient (Wildman–Crippen LogP) is -0.0681. The molecule has 0 saturated heterocycles. The fourth-order valence-corrected chi connectivity index (χ4v) is 1.89. The molecule has 0 aromatic carbocycles. The summed E-state index contributed by atoms with van der Waals surface area (Å²) in [6.07, 6.45) is 1.86. The van der Waals surface area contributed by atoms with Gasteiger partial charge in [-0.25, -0.2) is 9.97 Å². The fourth-order valence-electron chi connectivity index (χ4n) is 1.89. The lowest BCUT2D eigenvalue weighted by atomic mass is 10.0. The second kappa shape index (κ2) is 4.02. The monoisotopic (exact) mass is 192 g/mol. The third-order valence-electron chi connectivity index (χ3n) is 2.51. The Labute approximate surface area is 83.9 Å². The van der Waals surface area contributed by atoms with E-state index >= 15 is 0 Å². The van der Waals surface area contributed by atoms with Crippen LogP contribution >= 0.6 is 0 Å². The van der Waals surface area contributed by atoms with Gasteiger partial charge >= 0.3 is 0 Å². The number of fused-ring (bicyclic) bond motifs is 1. The zero-order chi connectivity index (χ0) is 9.97. The molecule has 4 heteroatoms. The van der Waals surface area contributed by atoms with E-state index in [0.29, 0.717) is 6.54 Å². The highest BCUT2D eigenvalue weighted by atomic mass is 14.9. The Kier molecular flexibility index (Phi) is 2.74. The molecule has 0 atom stereocenters. The van der Waals surface area contributed by atoms with Crippen molar-refractivity contribution in [1.29, 1.82) is 0 Å². The molecule has 0 saturated carbocycles. The summed E-state index contributed by atoms with van der Waals surface area (Å²) in [5.74, 6) is 0.870. The SMILES string of the molecule is Cc1nc(CCN)c2c(n1)CCNC2. The Bertz CT molecular complexity index is 335. The highest BCUT2D eigenvalue weighted by Crippen LogP contribution is 2.15. The van der Waals surface area contributed by atoms with E-state index in [-0.39, 0.29) is 0 Å². The van der Waals surface area contributed by atoms with Gasteiger partial charge in [0.15, 0.2) is 0 Å². The Morgan fingerprint density at radius 1 is 1.43 bits per heavy atom. The van der Waals surface area contributed by atoms with Crippen molar-refractivity contribution in [3.05, 3.63) is 22.8 Å². The van der Waals surface area contributed by atoms with Gasteiger partial charge in [0, 0.05) is 31.5 Å². The second-order valence-corrected chi connectivity index (χ2v) is 3.61. The van der Waals surface area contributed by atoms with E-state index in [0.717, 1.165) is 37.4 Å². The molecule has 1 aromatic heterocycles. The Hall–Kier alpha value is -1.00. The lowest BCUT2D eigenvalue weighted by molar-refractivity contribution is 0.612. The van der Waals surface area contributed by atoms with Crippen molar-refractivity contribution < 1.29 is 0 Å². The predicted molar refractivity (Wildman–Crippen MR) is 54.9 cm³/mol. The molecule has 0 spiro atoms. The van der Waals surface area contributed by atoms with Gasteiger partial charge in [0.05, 0.1) is 11.4 Å². The van der Waals surface area contributed by atoms with Crippen molar-refractivity contribution in [3.63, 3.8) is 0 Å². The maximum Gasteiger partial charge on any atom is 0.125 e. The number of hydrogen-bond acceptors (Lipinski definition) is 4. The molecule has 0 amide bonds. The smallest absolute Gasteiger partial charge is 0.125 e. The standard InChI is InChI=1S/C10H16N4/c1-7-13-9(2-4-11)8-6-12-5-3-10(8)14-7/h12H,2-6,11H2,1H3. The van der Waals surface area contributed by atoms with Gasteiger partial charge < -0.3 is 11.1 Å². The lowest BCUT2D eigenvalue weighted by Crippen LogP contribution is -2.27. The van der Waals surface area contributed by atoms with Crippen LogP contribution in [0.2, 0.25) is 0 Å². The summed E-state index contributed by atoms with van der Waals surface area (Å²) in [6.45, 7) is 4.52. The number of hydrogen-bond donors (Lipinski definition) is 2. The molecule has 1 aliphatic heterocycles. The Morgan fingerprint density at radius 2 is 2.29 bits per heavy atom. The van der Waals surface area contributed by atoms with Crippen LogP contribution in [-0.4, -0.2) is 23.1 Å². The van der Waals surface area contributed by atoms with Gasteiger partial charge in [-0.1, -0.05) is 0 Å². The van der Waals surface area contributed by atoms with E-state index in [1.807, 2.05) is 6.92 Å². The lowest BCUT2D eigenvalue weighted by Gasteiger charge is -2.19. The van der Waals surface area contributed by atoms with Crippen molar-refractivity contribution >= 4 is 0 Å². The molecule has 1 aromatic rings. The van der Waals surface area contributed by atoms with Gasteiger partial charge in [-0.2, -0.15) is 0 Å². The Morgan fingerprint density at radius 3 is 3.07 bits per heavy atom. The normalized spacial score (nSPS) is 15.3. The summed E-state index contributed by atoms with van der Waals surface area (Å²) in [6, 6.07) is 0. The molecule has 0 aliphatic carbocycles. The average molecular weight is 192 g/mol. The van der Waals surface area contributed by atoms with E-state index in [1.165, 1.54) is 11.3 Å². The first-order valence-corrected chi connectivity index (χ1v) is 5.07. The first-order chi connectivity index (χ1) is 6.81. The van der Waals surface area contributed by atoms with Gasteiger partial charge in [0.1, 0.15) is 5.82 Å². The molecule has 3 N–H and O–H groups in total. The highest BCUT2D eigenvalue weighted by molar-refractivity contribution is 5.28. The maximum atomic E-state index is 5.56. The largest absolute Gasteiger partial charge is 0.330 e. The molecule has 0 fully saturated rings. The average Bonchev–Trinajstić information content (AvgIpc) is 2.18. The zero-order valence-corrected chi connectivity index (χ0v) is 8.51. The minimum Gasteiger partial charge on any atom is -0.330 e. The van der Waals surface area contributed by atoms with Crippen LogP contribution in [0.25, 0.3) is 0 Å².